The van der Waals surface area contributed by atoms with E-state index in [9.17, 15) is 4.39 Å². The van der Waals surface area contributed by atoms with Crippen LogP contribution < -0.4 is 5.32 Å². The van der Waals surface area contributed by atoms with Crippen LogP contribution in [0.25, 0.3) is 0 Å². The molecule has 0 amide bonds. The van der Waals surface area contributed by atoms with Crippen LogP contribution in [-0.2, 0) is 13.5 Å². The number of hydrogen-bond donors (Lipinski definition) is 1. The molecule has 1 heterocycles. The van der Waals surface area contributed by atoms with E-state index in [0.717, 1.165) is 30.6 Å². The molecule has 1 N–H and O–H groups in total. The molecule has 0 spiro atoms. The summed E-state index contributed by atoms with van der Waals surface area (Å²) in [5, 5.41) is 7.97. The first-order chi connectivity index (χ1) is 9.60. The van der Waals surface area contributed by atoms with Crippen molar-refractivity contribution in [3.63, 3.8) is 0 Å². The van der Waals surface area contributed by atoms with E-state index in [-0.39, 0.29) is 16.9 Å². The first-order valence-electron chi connectivity index (χ1n) is 6.77. The molecule has 1 unspecified atom stereocenters. The van der Waals surface area contributed by atoms with Gasteiger partial charge in [0.25, 0.3) is 0 Å². The number of halogens is 2. The van der Waals surface area contributed by atoms with Crippen LogP contribution in [-0.4, -0.2) is 16.3 Å². The van der Waals surface area contributed by atoms with Crippen molar-refractivity contribution in [2.45, 2.75) is 25.8 Å². The summed E-state index contributed by atoms with van der Waals surface area (Å²) >= 11 is 5.74. The van der Waals surface area contributed by atoms with E-state index in [2.05, 4.69) is 17.3 Å². The van der Waals surface area contributed by atoms with Crippen molar-refractivity contribution in [1.82, 2.24) is 15.1 Å². The Morgan fingerprint density at radius 3 is 2.80 bits per heavy atom. The van der Waals surface area contributed by atoms with Gasteiger partial charge in [0, 0.05) is 25.7 Å². The standard InChI is InChI=1S/C15H19ClFN3/c1-3-7-18-15(10-12-6-8-20(2)19-12)11-4-5-13(16)14(17)9-11/h4-6,8-9,15,18H,3,7,10H2,1-2H3. The second-order valence-electron chi connectivity index (χ2n) is 4.87. The Labute approximate surface area is 123 Å². The molecule has 1 aromatic heterocycles. The van der Waals surface area contributed by atoms with Gasteiger partial charge in [0.1, 0.15) is 5.82 Å². The number of rotatable bonds is 6. The van der Waals surface area contributed by atoms with Gasteiger partial charge >= 0.3 is 0 Å². The van der Waals surface area contributed by atoms with Crippen LogP contribution >= 0.6 is 11.6 Å². The summed E-state index contributed by atoms with van der Waals surface area (Å²) in [6.07, 6.45) is 3.66. The maximum atomic E-state index is 13.6. The fourth-order valence-corrected chi connectivity index (χ4v) is 2.25. The van der Waals surface area contributed by atoms with Gasteiger partial charge in [-0.1, -0.05) is 24.6 Å². The molecular formula is C15H19ClFN3. The fraction of sp³-hybridized carbons (Fsp3) is 0.400. The summed E-state index contributed by atoms with van der Waals surface area (Å²) in [6.45, 7) is 2.98. The van der Waals surface area contributed by atoms with Gasteiger partial charge in [-0.2, -0.15) is 5.10 Å². The fourth-order valence-electron chi connectivity index (χ4n) is 2.14. The molecule has 0 saturated heterocycles. The van der Waals surface area contributed by atoms with Gasteiger partial charge < -0.3 is 5.32 Å². The minimum Gasteiger partial charge on any atom is -0.310 e. The monoisotopic (exact) mass is 295 g/mol. The van der Waals surface area contributed by atoms with Crippen LogP contribution in [0.3, 0.4) is 0 Å². The van der Waals surface area contributed by atoms with Crippen molar-refractivity contribution in [2.24, 2.45) is 7.05 Å². The molecule has 5 heteroatoms. The summed E-state index contributed by atoms with van der Waals surface area (Å²) in [4.78, 5) is 0. The third-order valence-electron chi connectivity index (χ3n) is 3.17. The van der Waals surface area contributed by atoms with Crippen LogP contribution in [0.1, 0.15) is 30.6 Å². The van der Waals surface area contributed by atoms with Gasteiger partial charge in [-0.05, 0) is 36.7 Å². The topological polar surface area (TPSA) is 29.9 Å². The number of nitrogens with zero attached hydrogens (tertiary/aromatic N) is 2. The summed E-state index contributed by atoms with van der Waals surface area (Å²) < 4.78 is 15.4. The highest BCUT2D eigenvalue weighted by Crippen LogP contribution is 2.22. The molecule has 1 aromatic carbocycles. The first kappa shape index (κ1) is 15.0. The molecular weight excluding hydrogens is 277 g/mol. The number of aromatic nitrogens is 2. The Hall–Kier alpha value is -1.39. The zero-order valence-corrected chi connectivity index (χ0v) is 12.5. The Morgan fingerprint density at radius 1 is 1.40 bits per heavy atom. The Balaban J connectivity index is 2.19. The van der Waals surface area contributed by atoms with Gasteiger partial charge in [0.05, 0.1) is 10.7 Å². The number of benzene rings is 1. The lowest BCUT2D eigenvalue weighted by molar-refractivity contribution is 0.516. The third-order valence-corrected chi connectivity index (χ3v) is 3.48. The van der Waals surface area contributed by atoms with Gasteiger partial charge in [-0.25, -0.2) is 4.39 Å². The van der Waals surface area contributed by atoms with E-state index in [1.165, 1.54) is 6.07 Å². The van der Waals surface area contributed by atoms with Gasteiger partial charge in [-0.15, -0.1) is 0 Å². The minimum atomic E-state index is -0.381. The summed E-state index contributed by atoms with van der Waals surface area (Å²) in [5.74, 6) is -0.381. The molecule has 3 nitrogen and oxygen atoms in total. The molecule has 0 aliphatic heterocycles. The van der Waals surface area contributed by atoms with Crippen molar-refractivity contribution < 1.29 is 4.39 Å². The third kappa shape index (κ3) is 3.81. The Kier molecular flexibility index (Phi) is 5.15. The van der Waals surface area contributed by atoms with Crippen molar-refractivity contribution in [3.8, 4) is 0 Å². The number of aryl methyl sites for hydroxylation is 1. The molecule has 0 aliphatic carbocycles. The van der Waals surface area contributed by atoms with Crippen LogP contribution in [0.15, 0.2) is 30.5 Å². The lowest BCUT2D eigenvalue weighted by Gasteiger charge is -2.18. The second kappa shape index (κ2) is 6.86. The first-order valence-corrected chi connectivity index (χ1v) is 7.14. The van der Waals surface area contributed by atoms with Crippen LogP contribution in [0, 0.1) is 5.82 Å². The van der Waals surface area contributed by atoms with E-state index in [1.54, 1.807) is 10.7 Å². The van der Waals surface area contributed by atoms with E-state index in [4.69, 9.17) is 11.6 Å². The molecule has 0 aliphatic rings. The molecule has 108 valence electrons. The zero-order valence-electron chi connectivity index (χ0n) is 11.7. The summed E-state index contributed by atoms with van der Waals surface area (Å²) in [7, 11) is 1.89. The van der Waals surface area contributed by atoms with Crippen LogP contribution in [0.2, 0.25) is 5.02 Å². The zero-order chi connectivity index (χ0) is 14.5. The van der Waals surface area contributed by atoms with Gasteiger partial charge in [-0.3, -0.25) is 4.68 Å². The van der Waals surface area contributed by atoms with E-state index in [1.807, 2.05) is 25.4 Å². The second-order valence-corrected chi connectivity index (χ2v) is 5.27. The molecule has 0 bridgehead atoms. The molecule has 2 rings (SSSR count). The summed E-state index contributed by atoms with van der Waals surface area (Å²) in [5.41, 5.74) is 1.88. The molecule has 0 fully saturated rings. The highest BCUT2D eigenvalue weighted by atomic mass is 35.5. The average molecular weight is 296 g/mol. The minimum absolute atomic E-state index is 0.0385. The van der Waals surface area contributed by atoms with Gasteiger partial charge in [0.15, 0.2) is 0 Å². The molecule has 1 atom stereocenters. The Bertz CT molecular complexity index is 568. The quantitative estimate of drug-likeness (QED) is 0.884. The van der Waals surface area contributed by atoms with Crippen molar-refractivity contribution >= 4 is 11.6 Å². The highest BCUT2D eigenvalue weighted by molar-refractivity contribution is 6.30. The average Bonchev–Trinajstić information content (AvgIpc) is 2.83. The number of nitrogens with one attached hydrogen (secondary N) is 1. The lowest BCUT2D eigenvalue weighted by Crippen LogP contribution is -2.24. The molecule has 2 aromatic rings. The van der Waals surface area contributed by atoms with Crippen molar-refractivity contribution in [3.05, 3.63) is 52.6 Å². The van der Waals surface area contributed by atoms with Crippen molar-refractivity contribution in [2.75, 3.05) is 6.54 Å². The number of hydrogen-bond acceptors (Lipinski definition) is 2. The largest absolute Gasteiger partial charge is 0.310 e. The van der Waals surface area contributed by atoms with E-state index >= 15 is 0 Å². The maximum Gasteiger partial charge on any atom is 0.142 e. The molecule has 0 saturated carbocycles. The van der Waals surface area contributed by atoms with Crippen LogP contribution in [0.5, 0.6) is 0 Å². The predicted octanol–water partition coefficient (Wildman–Crippen LogP) is 3.50. The van der Waals surface area contributed by atoms with Gasteiger partial charge in [0.2, 0.25) is 0 Å². The van der Waals surface area contributed by atoms with E-state index < -0.39 is 0 Å². The Morgan fingerprint density at radius 2 is 2.20 bits per heavy atom. The molecule has 0 radical (unpaired) electrons. The highest BCUT2D eigenvalue weighted by Gasteiger charge is 2.14. The lowest BCUT2D eigenvalue weighted by atomic mass is 10.0. The SMILES string of the molecule is CCCNC(Cc1ccn(C)n1)c1ccc(Cl)c(F)c1. The van der Waals surface area contributed by atoms with E-state index in [0.29, 0.717) is 0 Å². The smallest absolute Gasteiger partial charge is 0.142 e. The van der Waals surface area contributed by atoms with Crippen molar-refractivity contribution in [1.29, 1.82) is 0 Å². The normalized spacial score (nSPS) is 12.6. The summed E-state index contributed by atoms with van der Waals surface area (Å²) in [6, 6.07) is 6.98. The van der Waals surface area contributed by atoms with Crippen LogP contribution in [0.4, 0.5) is 4.39 Å². The predicted molar refractivity (Wildman–Crippen MR) is 79.4 cm³/mol. The molecule has 20 heavy (non-hydrogen) atoms. The maximum absolute atomic E-state index is 13.6.